The molecule has 1 aliphatic rings. The smallest absolute Gasteiger partial charge is 0.363 e. The fourth-order valence-electron chi connectivity index (χ4n) is 2.30. The minimum Gasteiger partial charge on any atom is -0.493 e. The van der Waals surface area contributed by atoms with Crippen molar-refractivity contribution in [3.8, 4) is 11.5 Å². The number of hydrogen-bond acceptors (Lipinski definition) is 6. The number of carboxylic acids is 1. The van der Waals surface area contributed by atoms with Crippen LogP contribution in [0.5, 0.6) is 11.5 Å². The van der Waals surface area contributed by atoms with Crippen LogP contribution in [0.2, 0.25) is 0 Å². The molecule has 1 heterocycles. The van der Waals surface area contributed by atoms with Crippen molar-refractivity contribution in [1.82, 2.24) is 0 Å². The Hall–Kier alpha value is -3.61. The zero-order valence-corrected chi connectivity index (χ0v) is 13.8. The van der Waals surface area contributed by atoms with E-state index < -0.39 is 18.5 Å². The van der Waals surface area contributed by atoms with E-state index in [9.17, 15) is 9.59 Å². The summed E-state index contributed by atoms with van der Waals surface area (Å²) in [5.41, 5.74) is 1.50. The lowest BCUT2D eigenvalue weighted by Gasteiger charge is -2.09. The molecule has 2 aromatic rings. The first kappa shape index (κ1) is 17.2. The molecular formula is C19H15NO6. The zero-order chi connectivity index (χ0) is 18.5. The van der Waals surface area contributed by atoms with Gasteiger partial charge in [-0.05, 0) is 35.9 Å². The molecule has 0 aliphatic carbocycles. The van der Waals surface area contributed by atoms with Crippen LogP contribution >= 0.6 is 0 Å². The van der Waals surface area contributed by atoms with Crippen LogP contribution in [-0.4, -0.2) is 36.7 Å². The molecule has 3 rings (SSSR count). The van der Waals surface area contributed by atoms with E-state index in [2.05, 4.69) is 4.99 Å². The third kappa shape index (κ3) is 3.89. The molecule has 0 unspecified atom stereocenters. The molecule has 0 bridgehead atoms. The lowest BCUT2D eigenvalue weighted by molar-refractivity contribution is -0.139. The van der Waals surface area contributed by atoms with Gasteiger partial charge in [-0.25, -0.2) is 14.6 Å². The Morgan fingerprint density at radius 2 is 1.96 bits per heavy atom. The summed E-state index contributed by atoms with van der Waals surface area (Å²) in [5, 5.41) is 8.69. The van der Waals surface area contributed by atoms with Gasteiger partial charge < -0.3 is 19.3 Å². The average Bonchev–Trinajstić information content (AvgIpc) is 3.01. The number of aliphatic carboxylic acids is 1. The van der Waals surface area contributed by atoms with Gasteiger partial charge >= 0.3 is 11.9 Å². The molecule has 7 heteroatoms. The standard InChI is InChI=1S/C19H15NO6/c1-24-16-10-12(7-8-15(16)25-11-17(21)22)9-14-19(23)26-18(20-14)13-5-3-2-4-6-13/h2-10H,11H2,1H3,(H,21,22)/b14-9+. The second-order valence-electron chi connectivity index (χ2n) is 5.29. The maximum Gasteiger partial charge on any atom is 0.363 e. The molecule has 132 valence electrons. The first-order chi connectivity index (χ1) is 12.6. The second kappa shape index (κ2) is 7.52. The average molecular weight is 353 g/mol. The van der Waals surface area contributed by atoms with Crippen molar-refractivity contribution in [2.75, 3.05) is 13.7 Å². The van der Waals surface area contributed by atoms with Crippen molar-refractivity contribution in [1.29, 1.82) is 0 Å². The molecule has 2 aromatic carbocycles. The number of esters is 1. The molecule has 0 radical (unpaired) electrons. The number of ether oxygens (including phenoxy) is 3. The number of carbonyl (C=O) groups is 2. The van der Waals surface area contributed by atoms with Crippen LogP contribution in [0.15, 0.2) is 59.2 Å². The Balaban J connectivity index is 1.86. The van der Waals surface area contributed by atoms with Crippen molar-refractivity contribution in [2.45, 2.75) is 0 Å². The summed E-state index contributed by atoms with van der Waals surface area (Å²) in [6.07, 6.45) is 1.56. The van der Waals surface area contributed by atoms with Gasteiger partial charge in [0.25, 0.3) is 0 Å². The molecule has 0 aromatic heterocycles. The van der Waals surface area contributed by atoms with E-state index >= 15 is 0 Å². The van der Waals surface area contributed by atoms with Crippen molar-refractivity contribution in [3.63, 3.8) is 0 Å². The quantitative estimate of drug-likeness (QED) is 0.633. The first-order valence-electron chi connectivity index (χ1n) is 7.67. The summed E-state index contributed by atoms with van der Waals surface area (Å²) in [7, 11) is 1.44. The van der Waals surface area contributed by atoms with Crippen molar-refractivity contribution in [2.24, 2.45) is 4.99 Å². The highest BCUT2D eigenvalue weighted by Crippen LogP contribution is 2.29. The molecule has 1 aliphatic heterocycles. The zero-order valence-electron chi connectivity index (χ0n) is 13.8. The number of carboxylic acid groups (broad SMARTS) is 1. The topological polar surface area (TPSA) is 94.4 Å². The molecule has 0 atom stereocenters. The van der Waals surface area contributed by atoms with Gasteiger partial charge in [-0.15, -0.1) is 0 Å². The number of benzene rings is 2. The lowest BCUT2D eigenvalue weighted by atomic mass is 10.1. The van der Waals surface area contributed by atoms with Gasteiger partial charge in [-0.1, -0.05) is 24.3 Å². The molecule has 26 heavy (non-hydrogen) atoms. The number of carbonyl (C=O) groups excluding carboxylic acids is 1. The summed E-state index contributed by atoms with van der Waals surface area (Å²) in [4.78, 5) is 26.9. The number of cyclic esters (lactones) is 1. The van der Waals surface area contributed by atoms with Crippen molar-refractivity contribution < 1.29 is 28.9 Å². The van der Waals surface area contributed by atoms with Gasteiger partial charge in [0.05, 0.1) is 7.11 Å². The van der Waals surface area contributed by atoms with E-state index in [-0.39, 0.29) is 11.6 Å². The monoisotopic (exact) mass is 353 g/mol. The van der Waals surface area contributed by atoms with E-state index in [0.29, 0.717) is 22.6 Å². The second-order valence-corrected chi connectivity index (χ2v) is 5.29. The van der Waals surface area contributed by atoms with Crippen molar-refractivity contribution >= 4 is 23.9 Å². The molecule has 0 spiro atoms. The van der Waals surface area contributed by atoms with E-state index in [1.807, 2.05) is 18.2 Å². The van der Waals surface area contributed by atoms with E-state index in [1.54, 1.807) is 36.4 Å². The van der Waals surface area contributed by atoms with Gasteiger partial charge in [-0.3, -0.25) is 0 Å². The normalized spacial score (nSPS) is 14.7. The third-order valence-electron chi connectivity index (χ3n) is 3.48. The number of aliphatic imine (C=N–C) groups is 1. The SMILES string of the molecule is COc1cc(/C=C2/N=C(c3ccccc3)OC2=O)ccc1OCC(=O)O. The Kier molecular flexibility index (Phi) is 4.98. The maximum absolute atomic E-state index is 12.0. The van der Waals surface area contributed by atoms with Crippen LogP contribution < -0.4 is 9.47 Å². The molecule has 0 saturated heterocycles. The minimum atomic E-state index is -1.09. The highest BCUT2D eigenvalue weighted by molar-refractivity contribution is 6.12. The van der Waals surface area contributed by atoms with E-state index in [4.69, 9.17) is 19.3 Å². The molecule has 0 fully saturated rings. The molecule has 7 nitrogen and oxygen atoms in total. The van der Waals surface area contributed by atoms with Crippen LogP contribution in [0.1, 0.15) is 11.1 Å². The molecular weight excluding hydrogens is 338 g/mol. The summed E-state index contributed by atoms with van der Waals surface area (Å²) >= 11 is 0. The first-order valence-corrected chi connectivity index (χ1v) is 7.67. The highest BCUT2D eigenvalue weighted by atomic mass is 16.6. The Morgan fingerprint density at radius 3 is 2.65 bits per heavy atom. The van der Waals surface area contributed by atoms with Gasteiger partial charge in [0.15, 0.2) is 23.8 Å². The predicted octanol–water partition coefficient (Wildman–Crippen LogP) is 2.50. The van der Waals surface area contributed by atoms with E-state index in [1.165, 1.54) is 7.11 Å². The Labute approximate surface area is 149 Å². The number of hydrogen-bond donors (Lipinski definition) is 1. The third-order valence-corrected chi connectivity index (χ3v) is 3.48. The highest BCUT2D eigenvalue weighted by Gasteiger charge is 2.24. The fraction of sp³-hybridized carbons (Fsp3) is 0.105. The summed E-state index contributed by atoms with van der Waals surface area (Å²) in [6, 6.07) is 14.0. The van der Waals surface area contributed by atoms with Gasteiger partial charge in [0, 0.05) is 5.56 Å². The minimum absolute atomic E-state index is 0.158. The van der Waals surface area contributed by atoms with Crippen LogP contribution in [0.3, 0.4) is 0 Å². The van der Waals surface area contributed by atoms with Crippen LogP contribution in [0, 0.1) is 0 Å². The van der Waals surface area contributed by atoms with Crippen molar-refractivity contribution in [3.05, 3.63) is 65.4 Å². The Bertz CT molecular complexity index is 902. The fourth-order valence-corrected chi connectivity index (χ4v) is 2.30. The largest absolute Gasteiger partial charge is 0.493 e. The number of rotatable bonds is 6. The van der Waals surface area contributed by atoms with E-state index in [0.717, 1.165) is 0 Å². The van der Waals surface area contributed by atoms with Crippen LogP contribution in [0.4, 0.5) is 0 Å². The molecule has 0 saturated carbocycles. The summed E-state index contributed by atoms with van der Waals surface area (Å²) < 4.78 is 15.5. The van der Waals surface area contributed by atoms with Gasteiger partial charge in [0.1, 0.15) is 0 Å². The van der Waals surface area contributed by atoms with Gasteiger partial charge in [0.2, 0.25) is 5.90 Å². The lowest BCUT2D eigenvalue weighted by Crippen LogP contribution is -2.10. The maximum atomic E-state index is 12.0. The number of methoxy groups -OCH3 is 1. The Morgan fingerprint density at radius 1 is 1.19 bits per heavy atom. The van der Waals surface area contributed by atoms with Crippen LogP contribution in [-0.2, 0) is 14.3 Å². The molecule has 0 amide bonds. The van der Waals surface area contributed by atoms with Crippen LogP contribution in [0.25, 0.3) is 6.08 Å². The predicted molar refractivity (Wildman–Crippen MR) is 93.2 cm³/mol. The summed E-state index contributed by atoms with van der Waals surface area (Å²) in [6.45, 7) is -0.478. The molecule has 1 N–H and O–H groups in total. The van der Waals surface area contributed by atoms with Gasteiger partial charge in [-0.2, -0.15) is 0 Å². The summed E-state index contributed by atoms with van der Waals surface area (Å²) in [5.74, 6) is -0.752. The number of nitrogens with zero attached hydrogens (tertiary/aromatic N) is 1.